The zero-order valence-electron chi connectivity index (χ0n) is 19.5. The van der Waals surface area contributed by atoms with Crippen molar-refractivity contribution in [3.63, 3.8) is 0 Å². The van der Waals surface area contributed by atoms with Crippen molar-refractivity contribution in [2.45, 2.75) is 13.8 Å². The van der Waals surface area contributed by atoms with Crippen molar-refractivity contribution in [2.24, 2.45) is 0 Å². The number of fused-ring (bicyclic) bond motifs is 3. The van der Waals surface area contributed by atoms with Gasteiger partial charge in [-0.25, -0.2) is 0 Å². The van der Waals surface area contributed by atoms with Crippen molar-refractivity contribution in [1.29, 1.82) is 0 Å². The van der Waals surface area contributed by atoms with E-state index in [-0.39, 0.29) is 0 Å². The van der Waals surface area contributed by atoms with Crippen LogP contribution >= 0.6 is 0 Å². The van der Waals surface area contributed by atoms with E-state index >= 15 is 0 Å². The van der Waals surface area contributed by atoms with Gasteiger partial charge < -0.3 is 0 Å². The van der Waals surface area contributed by atoms with Crippen LogP contribution < -0.4 is 0 Å². The Kier molecular flexibility index (Phi) is 5.00. The molecule has 0 aliphatic rings. The second-order valence-corrected chi connectivity index (χ2v) is 9.06. The van der Waals surface area contributed by atoms with Crippen molar-refractivity contribution in [2.75, 3.05) is 0 Å². The summed E-state index contributed by atoms with van der Waals surface area (Å²) in [6.07, 6.45) is 0. The lowest BCUT2D eigenvalue weighted by Gasteiger charge is -2.23. The number of hydrogen-bond donors (Lipinski definition) is 0. The van der Waals surface area contributed by atoms with Crippen molar-refractivity contribution in [3.05, 3.63) is 132 Å². The van der Waals surface area contributed by atoms with Crippen LogP contribution in [0.25, 0.3) is 54.9 Å². The number of benzene rings is 6. The molecule has 0 radical (unpaired) electrons. The second kappa shape index (κ2) is 8.32. The molecule has 0 aliphatic carbocycles. The van der Waals surface area contributed by atoms with E-state index in [0.717, 1.165) is 0 Å². The molecule has 0 unspecified atom stereocenters. The molecule has 0 spiro atoms. The Morgan fingerprint density at radius 2 is 0.912 bits per heavy atom. The van der Waals surface area contributed by atoms with Crippen LogP contribution in [0.3, 0.4) is 0 Å². The first-order chi connectivity index (χ1) is 16.7. The maximum absolute atomic E-state index is 2.35. The molecule has 0 N–H and O–H groups in total. The summed E-state index contributed by atoms with van der Waals surface area (Å²) < 4.78 is 0. The standard InChI is InChI=1S/C34H26/c1-23-18-19-25-20-21-29-33(28-16-10-5-11-17-28)31(26-12-6-3-7-13-26)24(2)32(34(29)30(25)22-23)27-14-8-4-9-15-27/h3-22H,1-2H3. The summed E-state index contributed by atoms with van der Waals surface area (Å²) in [5, 5.41) is 5.23. The Morgan fingerprint density at radius 3 is 1.50 bits per heavy atom. The Hall–Kier alpha value is -4.16. The lowest BCUT2D eigenvalue weighted by atomic mass is 9.80. The van der Waals surface area contributed by atoms with Crippen LogP contribution in [-0.2, 0) is 0 Å². The Bertz CT molecular complexity index is 1630. The molecule has 6 aromatic carbocycles. The fraction of sp³-hybridized carbons (Fsp3) is 0.0588. The lowest BCUT2D eigenvalue weighted by Crippen LogP contribution is -1.97. The topological polar surface area (TPSA) is 0 Å². The van der Waals surface area contributed by atoms with Crippen LogP contribution in [-0.4, -0.2) is 0 Å². The van der Waals surface area contributed by atoms with Crippen LogP contribution in [0.1, 0.15) is 11.1 Å². The van der Waals surface area contributed by atoms with Gasteiger partial charge in [0.1, 0.15) is 0 Å². The molecule has 6 aromatic rings. The lowest BCUT2D eigenvalue weighted by molar-refractivity contribution is 1.46. The molecule has 0 heteroatoms. The molecule has 34 heavy (non-hydrogen) atoms. The van der Waals surface area contributed by atoms with Gasteiger partial charge in [0.15, 0.2) is 0 Å². The summed E-state index contributed by atoms with van der Waals surface area (Å²) in [4.78, 5) is 0. The van der Waals surface area contributed by atoms with E-state index in [9.17, 15) is 0 Å². The summed E-state index contributed by atoms with van der Waals surface area (Å²) in [5.74, 6) is 0. The third kappa shape index (κ3) is 3.31. The predicted molar refractivity (Wildman–Crippen MR) is 147 cm³/mol. The predicted octanol–water partition coefficient (Wildman–Crippen LogP) is 9.61. The van der Waals surface area contributed by atoms with Crippen LogP contribution in [0.2, 0.25) is 0 Å². The highest BCUT2D eigenvalue weighted by Crippen LogP contribution is 2.48. The van der Waals surface area contributed by atoms with Crippen molar-refractivity contribution in [3.8, 4) is 33.4 Å². The fourth-order valence-corrected chi connectivity index (χ4v) is 5.38. The van der Waals surface area contributed by atoms with Crippen LogP contribution in [0.5, 0.6) is 0 Å². The minimum absolute atomic E-state index is 1.25. The van der Waals surface area contributed by atoms with E-state index in [4.69, 9.17) is 0 Å². The van der Waals surface area contributed by atoms with Gasteiger partial charge in [-0.05, 0) is 74.3 Å². The molecule has 0 saturated carbocycles. The molecule has 0 atom stereocenters. The van der Waals surface area contributed by atoms with E-state index in [2.05, 4.69) is 135 Å². The summed E-state index contributed by atoms with van der Waals surface area (Å²) in [7, 11) is 0. The summed E-state index contributed by atoms with van der Waals surface area (Å²) >= 11 is 0. The number of rotatable bonds is 3. The average molecular weight is 435 g/mol. The van der Waals surface area contributed by atoms with Gasteiger partial charge in [0.2, 0.25) is 0 Å². The molecular weight excluding hydrogens is 408 g/mol. The van der Waals surface area contributed by atoms with Gasteiger partial charge in [-0.3, -0.25) is 0 Å². The van der Waals surface area contributed by atoms with E-state index in [1.165, 1.54) is 66.1 Å². The minimum atomic E-state index is 1.25. The molecule has 6 rings (SSSR count). The molecule has 162 valence electrons. The quantitative estimate of drug-likeness (QED) is 0.243. The van der Waals surface area contributed by atoms with Gasteiger partial charge in [-0.15, -0.1) is 0 Å². The normalized spacial score (nSPS) is 11.2. The van der Waals surface area contributed by atoms with Crippen LogP contribution in [0.4, 0.5) is 0 Å². The maximum atomic E-state index is 2.35. The summed E-state index contributed by atoms with van der Waals surface area (Å²) in [5.41, 5.74) is 10.3. The highest BCUT2D eigenvalue weighted by Gasteiger charge is 2.21. The summed E-state index contributed by atoms with van der Waals surface area (Å²) in [6.45, 7) is 4.48. The van der Waals surface area contributed by atoms with Gasteiger partial charge in [-0.2, -0.15) is 0 Å². The molecule has 0 aromatic heterocycles. The molecule has 0 aliphatic heterocycles. The van der Waals surface area contributed by atoms with Gasteiger partial charge in [0.05, 0.1) is 0 Å². The van der Waals surface area contributed by atoms with Gasteiger partial charge in [-0.1, -0.05) is 127 Å². The first-order valence-electron chi connectivity index (χ1n) is 11.9. The van der Waals surface area contributed by atoms with Crippen LogP contribution in [0, 0.1) is 13.8 Å². The molecule has 0 nitrogen and oxygen atoms in total. The number of hydrogen-bond acceptors (Lipinski definition) is 0. The van der Waals surface area contributed by atoms with Crippen molar-refractivity contribution >= 4 is 21.5 Å². The smallest absolute Gasteiger partial charge is 0.00174 e. The van der Waals surface area contributed by atoms with Gasteiger partial charge in [0, 0.05) is 0 Å². The molecule has 0 heterocycles. The van der Waals surface area contributed by atoms with E-state index in [0.29, 0.717) is 0 Å². The zero-order chi connectivity index (χ0) is 23.1. The summed E-state index contributed by atoms with van der Waals surface area (Å²) in [6, 6.07) is 44.0. The highest BCUT2D eigenvalue weighted by molar-refractivity contribution is 6.22. The molecule has 0 fully saturated rings. The first kappa shape index (κ1) is 20.4. The molecule has 0 saturated heterocycles. The minimum Gasteiger partial charge on any atom is -0.0622 e. The highest BCUT2D eigenvalue weighted by atomic mass is 14.2. The van der Waals surface area contributed by atoms with E-state index in [1.807, 2.05) is 0 Å². The SMILES string of the molecule is Cc1ccc2ccc3c(-c4ccccc4)c(-c4ccccc4)c(C)c(-c4ccccc4)c3c2c1. The third-order valence-corrected chi connectivity index (χ3v) is 6.88. The third-order valence-electron chi connectivity index (χ3n) is 6.88. The fourth-order valence-electron chi connectivity index (χ4n) is 5.38. The maximum Gasteiger partial charge on any atom is -0.00174 e. The Morgan fingerprint density at radius 1 is 0.412 bits per heavy atom. The van der Waals surface area contributed by atoms with Gasteiger partial charge in [0.25, 0.3) is 0 Å². The second-order valence-electron chi connectivity index (χ2n) is 9.06. The molecular formula is C34H26. The Labute approximate surface area is 201 Å². The number of aryl methyl sites for hydroxylation is 1. The van der Waals surface area contributed by atoms with E-state index < -0.39 is 0 Å². The van der Waals surface area contributed by atoms with Crippen molar-refractivity contribution < 1.29 is 0 Å². The zero-order valence-corrected chi connectivity index (χ0v) is 19.5. The van der Waals surface area contributed by atoms with Gasteiger partial charge >= 0.3 is 0 Å². The van der Waals surface area contributed by atoms with Crippen molar-refractivity contribution in [1.82, 2.24) is 0 Å². The Balaban J connectivity index is 1.90. The van der Waals surface area contributed by atoms with Crippen LogP contribution in [0.15, 0.2) is 121 Å². The molecule has 0 bridgehead atoms. The largest absolute Gasteiger partial charge is 0.0622 e. The van der Waals surface area contributed by atoms with E-state index in [1.54, 1.807) is 0 Å². The average Bonchev–Trinajstić information content (AvgIpc) is 2.89. The monoisotopic (exact) mass is 434 g/mol. The first-order valence-corrected chi connectivity index (χ1v) is 11.9. The molecule has 0 amide bonds.